The average Bonchev–Trinajstić information content (AvgIpc) is 3.10. The maximum atomic E-state index is 12.0. The van der Waals surface area contributed by atoms with E-state index in [1.54, 1.807) is 0 Å². The second kappa shape index (κ2) is 7.27. The number of nitrogens with zero attached hydrogens (tertiary/aromatic N) is 2. The van der Waals surface area contributed by atoms with Crippen LogP contribution >= 0.6 is 0 Å². The molecule has 1 fully saturated rings. The summed E-state index contributed by atoms with van der Waals surface area (Å²) in [6.45, 7) is 2.27. The van der Waals surface area contributed by atoms with Crippen molar-refractivity contribution in [2.75, 3.05) is 18.4 Å². The molecule has 1 aromatic heterocycles. The van der Waals surface area contributed by atoms with Crippen LogP contribution in [0.4, 0.5) is 5.69 Å². The molecule has 0 spiro atoms. The molecular formula is C17H19N3O4. The van der Waals surface area contributed by atoms with E-state index in [1.165, 1.54) is 12.3 Å². The van der Waals surface area contributed by atoms with Crippen LogP contribution in [-0.2, 0) is 11.3 Å². The minimum Gasteiger partial charge on any atom is -0.481 e. The van der Waals surface area contributed by atoms with Gasteiger partial charge >= 0.3 is 5.97 Å². The summed E-state index contributed by atoms with van der Waals surface area (Å²) >= 11 is 0. The number of carboxylic acid groups (broad SMARTS) is 1. The van der Waals surface area contributed by atoms with Gasteiger partial charge in [0.15, 0.2) is 0 Å². The molecule has 0 atom stereocenters. The summed E-state index contributed by atoms with van der Waals surface area (Å²) in [5.74, 6) is -1.11. The topological polar surface area (TPSA) is 95.7 Å². The van der Waals surface area contributed by atoms with Crippen LogP contribution in [-0.4, -0.2) is 40.1 Å². The molecule has 2 N–H and O–H groups in total. The van der Waals surface area contributed by atoms with Crippen LogP contribution in [0.1, 0.15) is 29.0 Å². The Morgan fingerprint density at radius 2 is 2.08 bits per heavy atom. The van der Waals surface area contributed by atoms with Crippen LogP contribution < -0.4 is 5.32 Å². The van der Waals surface area contributed by atoms with Gasteiger partial charge < -0.3 is 14.9 Å². The van der Waals surface area contributed by atoms with Crippen molar-refractivity contribution >= 4 is 17.6 Å². The Hall–Kier alpha value is -2.67. The van der Waals surface area contributed by atoms with Crippen LogP contribution in [0.5, 0.6) is 0 Å². The summed E-state index contributed by atoms with van der Waals surface area (Å²) in [4.78, 5) is 25.2. The molecule has 7 nitrogen and oxygen atoms in total. The van der Waals surface area contributed by atoms with Gasteiger partial charge in [-0.25, -0.2) is 0 Å². The number of benzene rings is 1. The van der Waals surface area contributed by atoms with Crippen molar-refractivity contribution in [2.24, 2.45) is 5.92 Å². The first-order valence-corrected chi connectivity index (χ1v) is 7.88. The monoisotopic (exact) mass is 329 g/mol. The summed E-state index contributed by atoms with van der Waals surface area (Å²) < 4.78 is 4.83. The number of hydrogen-bond donors (Lipinski definition) is 2. The SMILES string of the molecule is O=C(Nc1cccc(CN2CCC(C(=O)O)CC2)c1)c1ccno1. The molecule has 0 saturated carbocycles. The van der Waals surface area contributed by atoms with Gasteiger partial charge in [-0.15, -0.1) is 0 Å². The molecule has 0 unspecified atom stereocenters. The molecule has 1 aromatic carbocycles. The first-order chi connectivity index (χ1) is 11.6. The number of amides is 1. The van der Waals surface area contributed by atoms with Crippen molar-refractivity contribution in [3.8, 4) is 0 Å². The van der Waals surface area contributed by atoms with Crippen molar-refractivity contribution in [3.05, 3.63) is 47.9 Å². The molecule has 1 aliphatic rings. The van der Waals surface area contributed by atoms with Gasteiger partial charge in [0.2, 0.25) is 5.76 Å². The first kappa shape index (κ1) is 16.2. The maximum absolute atomic E-state index is 12.0. The fourth-order valence-electron chi connectivity index (χ4n) is 2.87. The van der Waals surface area contributed by atoms with Gasteiger partial charge in [0, 0.05) is 18.3 Å². The number of anilines is 1. The molecule has 1 amide bonds. The Kier molecular flexibility index (Phi) is 4.90. The lowest BCUT2D eigenvalue weighted by Crippen LogP contribution is -2.35. The highest BCUT2D eigenvalue weighted by Crippen LogP contribution is 2.20. The predicted molar refractivity (Wildman–Crippen MR) is 86.5 cm³/mol. The van der Waals surface area contributed by atoms with E-state index < -0.39 is 5.97 Å². The van der Waals surface area contributed by atoms with Gasteiger partial charge in [-0.1, -0.05) is 17.3 Å². The highest BCUT2D eigenvalue weighted by molar-refractivity contribution is 6.02. The van der Waals surface area contributed by atoms with E-state index in [4.69, 9.17) is 9.63 Å². The third-order valence-corrected chi connectivity index (χ3v) is 4.19. The number of rotatable bonds is 5. The number of carbonyl (C=O) groups excluding carboxylic acids is 1. The normalized spacial score (nSPS) is 16.0. The fourth-order valence-corrected chi connectivity index (χ4v) is 2.87. The van der Waals surface area contributed by atoms with Crippen molar-refractivity contribution in [1.29, 1.82) is 0 Å². The molecule has 1 saturated heterocycles. The van der Waals surface area contributed by atoms with E-state index in [9.17, 15) is 9.59 Å². The number of aliphatic carboxylic acids is 1. The zero-order valence-corrected chi connectivity index (χ0v) is 13.1. The van der Waals surface area contributed by atoms with Crippen LogP contribution in [0.15, 0.2) is 41.1 Å². The molecule has 126 valence electrons. The van der Waals surface area contributed by atoms with Gasteiger partial charge in [-0.3, -0.25) is 14.5 Å². The highest BCUT2D eigenvalue weighted by Gasteiger charge is 2.24. The maximum Gasteiger partial charge on any atom is 0.306 e. The fraction of sp³-hybridized carbons (Fsp3) is 0.353. The van der Waals surface area contributed by atoms with E-state index in [-0.39, 0.29) is 17.6 Å². The predicted octanol–water partition coefficient (Wildman–Crippen LogP) is 2.22. The first-order valence-electron chi connectivity index (χ1n) is 7.88. The third kappa shape index (κ3) is 3.99. The number of piperidine rings is 1. The van der Waals surface area contributed by atoms with Gasteiger partial charge in [0.1, 0.15) is 0 Å². The molecule has 0 bridgehead atoms. The quantitative estimate of drug-likeness (QED) is 0.873. The molecule has 0 aliphatic carbocycles. The molecule has 7 heteroatoms. The molecule has 2 heterocycles. The van der Waals surface area contributed by atoms with E-state index in [1.807, 2.05) is 24.3 Å². The molecule has 1 aliphatic heterocycles. The van der Waals surface area contributed by atoms with Crippen LogP contribution in [0, 0.1) is 5.92 Å². The Morgan fingerprint density at radius 1 is 1.29 bits per heavy atom. The summed E-state index contributed by atoms with van der Waals surface area (Å²) in [5.41, 5.74) is 1.76. The van der Waals surface area contributed by atoms with E-state index in [2.05, 4.69) is 15.4 Å². The van der Waals surface area contributed by atoms with E-state index in [0.29, 0.717) is 18.5 Å². The number of carboxylic acids is 1. The lowest BCUT2D eigenvalue weighted by Gasteiger charge is -2.30. The summed E-state index contributed by atoms with van der Waals surface area (Å²) in [6, 6.07) is 9.11. The Bertz CT molecular complexity index is 706. The Morgan fingerprint density at radius 3 is 2.75 bits per heavy atom. The van der Waals surface area contributed by atoms with Crippen LogP contribution in [0.2, 0.25) is 0 Å². The van der Waals surface area contributed by atoms with Gasteiger partial charge in [-0.2, -0.15) is 0 Å². The second-order valence-corrected chi connectivity index (χ2v) is 5.92. The third-order valence-electron chi connectivity index (χ3n) is 4.19. The summed E-state index contributed by atoms with van der Waals surface area (Å²) in [7, 11) is 0. The molecule has 0 radical (unpaired) electrons. The lowest BCUT2D eigenvalue weighted by atomic mass is 9.97. The van der Waals surface area contributed by atoms with Gasteiger partial charge in [0.25, 0.3) is 5.91 Å². The largest absolute Gasteiger partial charge is 0.481 e. The van der Waals surface area contributed by atoms with Crippen molar-refractivity contribution < 1.29 is 19.2 Å². The molecule has 3 rings (SSSR count). The Balaban J connectivity index is 1.58. The van der Waals surface area contributed by atoms with Crippen molar-refractivity contribution in [1.82, 2.24) is 10.1 Å². The number of likely N-dealkylation sites (tertiary alicyclic amines) is 1. The number of aromatic nitrogens is 1. The zero-order valence-electron chi connectivity index (χ0n) is 13.1. The molecular weight excluding hydrogens is 310 g/mol. The van der Waals surface area contributed by atoms with Crippen molar-refractivity contribution in [2.45, 2.75) is 19.4 Å². The summed E-state index contributed by atoms with van der Waals surface area (Å²) in [5, 5.41) is 15.3. The van der Waals surface area contributed by atoms with Crippen molar-refractivity contribution in [3.63, 3.8) is 0 Å². The summed E-state index contributed by atoms with van der Waals surface area (Å²) in [6.07, 6.45) is 2.78. The van der Waals surface area contributed by atoms with E-state index >= 15 is 0 Å². The zero-order chi connectivity index (χ0) is 16.9. The second-order valence-electron chi connectivity index (χ2n) is 5.92. The van der Waals surface area contributed by atoms with Crippen LogP contribution in [0.25, 0.3) is 0 Å². The van der Waals surface area contributed by atoms with Gasteiger partial charge in [-0.05, 0) is 43.6 Å². The standard InChI is InChI=1S/C17H19N3O4/c21-16(15-4-7-18-24-15)19-14-3-1-2-12(10-14)11-20-8-5-13(6-9-20)17(22)23/h1-4,7,10,13H,5-6,8-9,11H2,(H,19,21)(H,22,23). The average molecular weight is 329 g/mol. The number of hydrogen-bond acceptors (Lipinski definition) is 5. The number of carbonyl (C=O) groups is 2. The number of nitrogens with one attached hydrogen (secondary N) is 1. The minimum absolute atomic E-state index is 0.163. The van der Waals surface area contributed by atoms with Crippen LogP contribution in [0.3, 0.4) is 0 Å². The van der Waals surface area contributed by atoms with E-state index in [0.717, 1.165) is 25.2 Å². The Labute approximate surface area is 139 Å². The molecule has 24 heavy (non-hydrogen) atoms. The molecule has 2 aromatic rings. The minimum atomic E-state index is -0.702. The highest BCUT2D eigenvalue weighted by atomic mass is 16.5. The van der Waals surface area contributed by atoms with Gasteiger partial charge in [0.05, 0.1) is 12.1 Å². The smallest absolute Gasteiger partial charge is 0.306 e. The lowest BCUT2D eigenvalue weighted by molar-refractivity contribution is -0.143.